The predicted octanol–water partition coefficient (Wildman–Crippen LogP) is 2.63. The van der Waals surface area contributed by atoms with Gasteiger partial charge in [0.05, 0.1) is 18.8 Å². The molecule has 3 N–H and O–H groups in total. The second-order valence-corrected chi connectivity index (χ2v) is 5.15. The summed E-state index contributed by atoms with van der Waals surface area (Å²) >= 11 is 0. The summed E-state index contributed by atoms with van der Waals surface area (Å²) in [6.07, 6.45) is 0.864. The number of methoxy groups -OCH3 is 2. The molecule has 0 spiro atoms. The Morgan fingerprint density at radius 2 is 1.89 bits per heavy atom. The molecule has 19 heavy (non-hydrogen) atoms. The van der Waals surface area contributed by atoms with Crippen LogP contribution in [-0.2, 0) is 4.74 Å². The van der Waals surface area contributed by atoms with E-state index in [1.807, 2.05) is 13.0 Å². The van der Waals surface area contributed by atoms with Gasteiger partial charge in [-0.3, -0.25) is 11.3 Å². The van der Waals surface area contributed by atoms with Crippen LogP contribution in [-0.4, -0.2) is 19.8 Å². The predicted molar refractivity (Wildman–Crippen MR) is 78.2 cm³/mol. The van der Waals surface area contributed by atoms with Crippen LogP contribution in [0.15, 0.2) is 12.1 Å². The molecule has 0 aliphatic rings. The fourth-order valence-electron chi connectivity index (χ4n) is 2.40. The Bertz CT molecular complexity index is 428. The molecule has 0 amide bonds. The Labute approximate surface area is 116 Å². The smallest absolute Gasteiger partial charge is 0.122 e. The maximum atomic E-state index is 5.77. The molecule has 0 aliphatic heterocycles. The van der Waals surface area contributed by atoms with Gasteiger partial charge in [-0.05, 0) is 49.9 Å². The first-order chi connectivity index (χ1) is 8.93. The molecule has 4 heteroatoms. The lowest BCUT2D eigenvalue weighted by molar-refractivity contribution is -0.0302. The molecule has 0 aliphatic carbocycles. The highest BCUT2D eigenvalue weighted by molar-refractivity contribution is 5.43. The van der Waals surface area contributed by atoms with E-state index in [0.717, 1.165) is 28.9 Å². The highest BCUT2D eigenvalue weighted by Crippen LogP contribution is 2.35. The third-order valence-electron chi connectivity index (χ3n) is 4.04. The van der Waals surface area contributed by atoms with Gasteiger partial charge < -0.3 is 9.47 Å². The monoisotopic (exact) mass is 266 g/mol. The quantitative estimate of drug-likeness (QED) is 0.614. The van der Waals surface area contributed by atoms with Gasteiger partial charge in [0.1, 0.15) is 5.75 Å². The molecule has 0 heterocycles. The van der Waals surface area contributed by atoms with Gasteiger partial charge in [0.15, 0.2) is 0 Å². The largest absolute Gasteiger partial charge is 0.496 e. The molecular formula is C15H26N2O2. The van der Waals surface area contributed by atoms with Crippen molar-refractivity contribution in [2.75, 3.05) is 14.2 Å². The van der Waals surface area contributed by atoms with Gasteiger partial charge in [-0.25, -0.2) is 0 Å². The summed E-state index contributed by atoms with van der Waals surface area (Å²) in [5, 5.41) is 0. The lowest BCUT2D eigenvalue weighted by Crippen LogP contribution is -2.46. The second-order valence-electron chi connectivity index (χ2n) is 5.15. The third kappa shape index (κ3) is 3.08. The van der Waals surface area contributed by atoms with Gasteiger partial charge in [-0.2, -0.15) is 0 Å². The summed E-state index contributed by atoms with van der Waals surface area (Å²) in [7, 11) is 3.41. The van der Waals surface area contributed by atoms with Crippen molar-refractivity contribution in [3.05, 3.63) is 28.8 Å². The van der Waals surface area contributed by atoms with Crippen LogP contribution in [0.5, 0.6) is 5.75 Å². The minimum Gasteiger partial charge on any atom is -0.496 e. The van der Waals surface area contributed by atoms with Crippen LogP contribution in [0.1, 0.15) is 43.0 Å². The summed E-state index contributed by atoms with van der Waals surface area (Å²) < 4.78 is 11.0. The van der Waals surface area contributed by atoms with Crippen LogP contribution >= 0.6 is 0 Å². The van der Waals surface area contributed by atoms with Crippen molar-refractivity contribution in [2.24, 2.45) is 5.84 Å². The van der Waals surface area contributed by atoms with E-state index in [1.165, 1.54) is 0 Å². The van der Waals surface area contributed by atoms with Crippen molar-refractivity contribution in [3.8, 4) is 5.75 Å². The first-order valence-corrected chi connectivity index (χ1v) is 6.59. The highest BCUT2D eigenvalue weighted by Gasteiger charge is 2.34. The van der Waals surface area contributed by atoms with E-state index in [9.17, 15) is 0 Å². The zero-order valence-electron chi connectivity index (χ0n) is 12.8. The van der Waals surface area contributed by atoms with E-state index in [2.05, 4.69) is 32.3 Å². The number of nitrogens with one attached hydrogen (secondary N) is 1. The molecule has 1 rings (SSSR count). The number of hydrogen-bond acceptors (Lipinski definition) is 4. The van der Waals surface area contributed by atoms with Crippen LogP contribution < -0.4 is 16.0 Å². The van der Waals surface area contributed by atoms with Crippen LogP contribution in [0.3, 0.4) is 0 Å². The zero-order valence-corrected chi connectivity index (χ0v) is 12.8. The average Bonchev–Trinajstić information content (AvgIpc) is 2.42. The highest BCUT2D eigenvalue weighted by atomic mass is 16.5. The van der Waals surface area contributed by atoms with E-state index in [4.69, 9.17) is 15.3 Å². The van der Waals surface area contributed by atoms with Gasteiger partial charge >= 0.3 is 0 Å². The molecule has 0 bridgehead atoms. The first-order valence-electron chi connectivity index (χ1n) is 6.59. The summed E-state index contributed by atoms with van der Waals surface area (Å²) in [6.45, 7) is 8.26. The number of hydrazine groups is 1. The minimum atomic E-state index is -0.347. The molecule has 1 aromatic rings. The molecule has 2 unspecified atom stereocenters. The maximum Gasteiger partial charge on any atom is 0.122 e. The van der Waals surface area contributed by atoms with Crippen LogP contribution in [0, 0.1) is 13.8 Å². The second kappa shape index (κ2) is 6.37. The fourth-order valence-corrected chi connectivity index (χ4v) is 2.40. The third-order valence-corrected chi connectivity index (χ3v) is 4.04. The van der Waals surface area contributed by atoms with Gasteiger partial charge in [-0.15, -0.1) is 0 Å². The van der Waals surface area contributed by atoms with Crippen molar-refractivity contribution < 1.29 is 9.47 Å². The van der Waals surface area contributed by atoms with Crippen LogP contribution in [0.25, 0.3) is 0 Å². The van der Waals surface area contributed by atoms with E-state index in [0.29, 0.717) is 0 Å². The number of hydrogen-bond donors (Lipinski definition) is 2. The van der Waals surface area contributed by atoms with Crippen molar-refractivity contribution in [1.29, 1.82) is 0 Å². The standard InChI is InChI=1S/C15H26N2O2/c1-7-15(4,19-6)14(17-16)12-8-11(3)13(18-5)9-10(12)2/h8-9,14,17H,7,16H2,1-6H3. The number of aryl methyl sites for hydroxylation is 2. The molecule has 1 aromatic carbocycles. The van der Waals surface area contributed by atoms with Crippen molar-refractivity contribution in [1.82, 2.24) is 5.43 Å². The number of ether oxygens (including phenoxy) is 2. The summed E-state index contributed by atoms with van der Waals surface area (Å²) in [5.41, 5.74) is 5.94. The molecule has 0 radical (unpaired) electrons. The molecule has 4 nitrogen and oxygen atoms in total. The molecular weight excluding hydrogens is 240 g/mol. The summed E-state index contributed by atoms with van der Waals surface area (Å²) in [4.78, 5) is 0. The van der Waals surface area contributed by atoms with Crippen molar-refractivity contribution >= 4 is 0 Å². The number of benzene rings is 1. The summed E-state index contributed by atoms with van der Waals surface area (Å²) in [6, 6.07) is 4.10. The van der Waals surface area contributed by atoms with Crippen molar-refractivity contribution in [2.45, 2.75) is 45.8 Å². The minimum absolute atomic E-state index is 0.0629. The van der Waals surface area contributed by atoms with E-state index >= 15 is 0 Å². The van der Waals surface area contributed by atoms with Crippen LogP contribution in [0.4, 0.5) is 0 Å². The lowest BCUT2D eigenvalue weighted by atomic mass is 9.85. The number of rotatable bonds is 6. The Morgan fingerprint density at radius 1 is 1.26 bits per heavy atom. The Kier molecular flexibility index (Phi) is 5.35. The fraction of sp³-hybridized carbons (Fsp3) is 0.600. The molecule has 0 saturated carbocycles. The first kappa shape index (κ1) is 16.0. The molecule has 0 saturated heterocycles. The topological polar surface area (TPSA) is 56.5 Å². The zero-order chi connectivity index (χ0) is 14.6. The van der Waals surface area contributed by atoms with E-state index in [1.54, 1.807) is 14.2 Å². The average molecular weight is 266 g/mol. The summed E-state index contributed by atoms with van der Waals surface area (Å²) in [5.74, 6) is 6.67. The van der Waals surface area contributed by atoms with Gasteiger partial charge in [-0.1, -0.05) is 13.0 Å². The van der Waals surface area contributed by atoms with Crippen molar-refractivity contribution in [3.63, 3.8) is 0 Å². The Hall–Kier alpha value is -1.10. The molecule has 108 valence electrons. The lowest BCUT2D eigenvalue weighted by Gasteiger charge is -2.36. The van der Waals surface area contributed by atoms with E-state index in [-0.39, 0.29) is 11.6 Å². The molecule has 0 fully saturated rings. The SMILES string of the molecule is CCC(C)(OC)C(NN)c1cc(C)c(OC)cc1C. The van der Waals surface area contributed by atoms with Gasteiger partial charge in [0.25, 0.3) is 0 Å². The molecule has 0 aromatic heterocycles. The van der Waals surface area contributed by atoms with Crippen LogP contribution in [0.2, 0.25) is 0 Å². The normalized spacial score (nSPS) is 15.9. The Morgan fingerprint density at radius 3 is 2.32 bits per heavy atom. The Balaban J connectivity index is 3.30. The molecule has 2 atom stereocenters. The van der Waals surface area contributed by atoms with Gasteiger partial charge in [0, 0.05) is 7.11 Å². The number of nitrogens with two attached hydrogens (primary N) is 1. The maximum absolute atomic E-state index is 5.77. The van der Waals surface area contributed by atoms with Gasteiger partial charge in [0.2, 0.25) is 0 Å². The van der Waals surface area contributed by atoms with E-state index < -0.39 is 0 Å².